The van der Waals surface area contributed by atoms with Crippen LogP contribution in [0.5, 0.6) is 0 Å². The first kappa shape index (κ1) is 21.9. The van der Waals surface area contributed by atoms with Crippen LogP contribution in [0.25, 0.3) is 11.3 Å². The normalized spacial score (nSPS) is 19.4. The van der Waals surface area contributed by atoms with Crippen molar-refractivity contribution in [3.8, 4) is 11.3 Å². The smallest absolute Gasteiger partial charge is 0.132 e. The Kier molecular flexibility index (Phi) is 8.64. The number of nitrogens with zero attached hydrogens (tertiary/aromatic N) is 2. The molecule has 3 rings (SSSR count). The minimum atomic E-state index is -0.179. The summed E-state index contributed by atoms with van der Waals surface area (Å²) in [4.78, 5) is 0. The van der Waals surface area contributed by atoms with E-state index in [9.17, 15) is 4.39 Å². The fourth-order valence-electron chi connectivity index (χ4n) is 4.59. The molecule has 1 saturated carbocycles. The highest BCUT2D eigenvalue weighted by atomic mass is 19.1. The standard InChI is InChI=1S/C26H37FN2/c1-3-5-6-7-8-23-16-18-26(29-28-23)24-17-15-22(19-25(24)27)14-13-21-11-9-20(4-2)10-12-21/h15-21H,3-14H2,1-2H3. The molecule has 1 aromatic carbocycles. The average molecular weight is 397 g/mol. The summed E-state index contributed by atoms with van der Waals surface area (Å²) >= 11 is 0. The van der Waals surface area contributed by atoms with Crippen LogP contribution in [0.3, 0.4) is 0 Å². The third-order valence-electron chi connectivity index (χ3n) is 6.70. The molecule has 0 atom stereocenters. The van der Waals surface area contributed by atoms with Crippen LogP contribution in [0.15, 0.2) is 30.3 Å². The first-order chi connectivity index (χ1) is 14.2. The van der Waals surface area contributed by atoms with Gasteiger partial charge in [-0.2, -0.15) is 10.2 Å². The van der Waals surface area contributed by atoms with Crippen molar-refractivity contribution in [3.05, 3.63) is 47.4 Å². The van der Waals surface area contributed by atoms with Crippen molar-refractivity contribution < 1.29 is 4.39 Å². The second-order valence-electron chi connectivity index (χ2n) is 8.87. The van der Waals surface area contributed by atoms with E-state index in [2.05, 4.69) is 30.1 Å². The molecule has 29 heavy (non-hydrogen) atoms. The fourth-order valence-corrected chi connectivity index (χ4v) is 4.59. The van der Waals surface area contributed by atoms with E-state index in [1.165, 1.54) is 57.8 Å². The molecule has 1 aliphatic carbocycles. The number of rotatable bonds is 10. The predicted molar refractivity (Wildman–Crippen MR) is 119 cm³/mol. The molecule has 0 aliphatic heterocycles. The number of halogens is 1. The van der Waals surface area contributed by atoms with Crippen molar-refractivity contribution in [2.45, 2.75) is 90.9 Å². The largest absolute Gasteiger partial charge is 0.206 e. The summed E-state index contributed by atoms with van der Waals surface area (Å²) in [6.07, 6.45) is 14.8. The second kappa shape index (κ2) is 11.4. The van der Waals surface area contributed by atoms with Gasteiger partial charge in [-0.3, -0.25) is 0 Å². The topological polar surface area (TPSA) is 25.8 Å². The Morgan fingerprint density at radius 3 is 2.31 bits per heavy atom. The summed E-state index contributed by atoms with van der Waals surface area (Å²) in [5.74, 6) is 1.57. The molecule has 0 bridgehead atoms. The SMILES string of the molecule is CCCCCCc1ccc(-c2ccc(CCC3CCC(CC)CC3)cc2F)nn1. The Morgan fingerprint density at radius 1 is 0.862 bits per heavy atom. The average Bonchev–Trinajstić information content (AvgIpc) is 2.76. The lowest BCUT2D eigenvalue weighted by Crippen LogP contribution is -2.14. The van der Waals surface area contributed by atoms with Crippen LogP contribution < -0.4 is 0 Å². The van der Waals surface area contributed by atoms with E-state index in [1.54, 1.807) is 6.07 Å². The van der Waals surface area contributed by atoms with Gasteiger partial charge in [-0.15, -0.1) is 0 Å². The number of hydrogen-bond donors (Lipinski definition) is 0. The molecule has 3 heteroatoms. The molecule has 0 spiro atoms. The minimum absolute atomic E-state index is 0.179. The lowest BCUT2D eigenvalue weighted by atomic mass is 9.78. The molecule has 1 fully saturated rings. The molecule has 1 heterocycles. The third-order valence-corrected chi connectivity index (χ3v) is 6.70. The van der Waals surface area contributed by atoms with Gasteiger partial charge in [0.15, 0.2) is 0 Å². The van der Waals surface area contributed by atoms with Gasteiger partial charge in [0.25, 0.3) is 0 Å². The van der Waals surface area contributed by atoms with Crippen molar-refractivity contribution in [3.63, 3.8) is 0 Å². The molecular formula is C26H37FN2. The van der Waals surface area contributed by atoms with Gasteiger partial charge < -0.3 is 0 Å². The maximum atomic E-state index is 14.7. The van der Waals surface area contributed by atoms with Gasteiger partial charge in [0.05, 0.1) is 11.4 Å². The molecule has 1 aliphatic rings. The monoisotopic (exact) mass is 396 g/mol. The second-order valence-corrected chi connectivity index (χ2v) is 8.87. The molecule has 0 radical (unpaired) electrons. The van der Waals surface area contributed by atoms with Gasteiger partial charge in [0.1, 0.15) is 5.82 Å². The van der Waals surface area contributed by atoms with Crippen molar-refractivity contribution in [2.75, 3.05) is 0 Å². The van der Waals surface area contributed by atoms with Crippen LogP contribution in [-0.2, 0) is 12.8 Å². The molecule has 1 aromatic heterocycles. The summed E-state index contributed by atoms with van der Waals surface area (Å²) < 4.78 is 14.7. The zero-order valence-corrected chi connectivity index (χ0v) is 18.3. The van der Waals surface area contributed by atoms with Gasteiger partial charge in [0.2, 0.25) is 0 Å². The van der Waals surface area contributed by atoms with Gasteiger partial charge in [-0.25, -0.2) is 4.39 Å². The van der Waals surface area contributed by atoms with Crippen molar-refractivity contribution in [1.82, 2.24) is 10.2 Å². The van der Waals surface area contributed by atoms with Crippen LogP contribution >= 0.6 is 0 Å². The Balaban J connectivity index is 1.52. The molecule has 0 N–H and O–H groups in total. The molecule has 2 aromatic rings. The molecular weight excluding hydrogens is 359 g/mol. The van der Waals surface area contributed by atoms with E-state index >= 15 is 0 Å². The summed E-state index contributed by atoms with van der Waals surface area (Å²) in [7, 11) is 0. The van der Waals surface area contributed by atoms with Crippen LogP contribution in [-0.4, -0.2) is 10.2 Å². The van der Waals surface area contributed by atoms with Crippen LogP contribution in [0.1, 0.15) is 89.3 Å². The summed E-state index contributed by atoms with van der Waals surface area (Å²) in [5.41, 5.74) is 3.29. The number of unbranched alkanes of at least 4 members (excludes halogenated alkanes) is 3. The summed E-state index contributed by atoms with van der Waals surface area (Å²) in [6.45, 7) is 4.52. The van der Waals surface area contributed by atoms with Crippen molar-refractivity contribution in [2.24, 2.45) is 11.8 Å². The highest BCUT2D eigenvalue weighted by Gasteiger charge is 2.19. The number of aromatic nitrogens is 2. The molecule has 2 nitrogen and oxygen atoms in total. The molecule has 158 valence electrons. The lowest BCUT2D eigenvalue weighted by molar-refractivity contribution is 0.259. The van der Waals surface area contributed by atoms with Crippen LogP contribution in [0, 0.1) is 17.7 Å². The predicted octanol–water partition coefficient (Wildman–Crippen LogP) is 7.55. The third kappa shape index (κ3) is 6.62. The summed E-state index contributed by atoms with van der Waals surface area (Å²) in [6, 6.07) is 9.55. The molecule has 0 saturated heterocycles. The molecule has 0 unspecified atom stereocenters. The Labute approximate surface area is 176 Å². The maximum absolute atomic E-state index is 14.7. The van der Waals surface area contributed by atoms with Gasteiger partial charge in [0, 0.05) is 5.56 Å². The van der Waals surface area contributed by atoms with Crippen LogP contribution in [0.2, 0.25) is 0 Å². The van der Waals surface area contributed by atoms with Gasteiger partial charge in [-0.05, 0) is 67.3 Å². The van der Waals surface area contributed by atoms with E-state index in [0.717, 1.165) is 42.4 Å². The van der Waals surface area contributed by atoms with E-state index in [0.29, 0.717) is 11.3 Å². The Bertz CT molecular complexity index is 733. The number of benzene rings is 1. The Morgan fingerprint density at radius 2 is 1.66 bits per heavy atom. The highest BCUT2D eigenvalue weighted by molar-refractivity contribution is 5.59. The van der Waals surface area contributed by atoms with E-state index in [4.69, 9.17) is 0 Å². The van der Waals surface area contributed by atoms with E-state index < -0.39 is 0 Å². The first-order valence-corrected chi connectivity index (χ1v) is 11.8. The van der Waals surface area contributed by atoms with Crippen molar-refractivity contribution in [1.29, 1.82) is 0 Å². The lowest BCUT2D eigenvalue weighted by Gasteiger charge is -2.27. The quantitative estimate of drug-likeness (QED) is 0.387. The maximum Gasteiger partial charge on any atom is 0.132 e. The minimum Gasteiger partial charge on any atom is -0.206 e. The summed E-state index contributed by atoms with van der Waals surface area (Å²) in [5, 5.41) is 8.59. The Hall–Kier alpha value is -1.77. The molecule has 0 amide bonds. The van der Waals surface area contributed by atoms with Crippen molar-refractivity contribution >= 4 is 0 Å². The fraction of sp³-hybridized carbons (Fsp3) is 0.615. The number of aryl methyl sites for hydroxylation is 2. The van der Waals surface area contributed by atoms with Gasteiger partial charge in [-0.1, -0.05) is 71.3 Å². The zero-order valence-electron chi connectivity index (χ0n) is 18.3. The highest BCUT2D eigenvalue weighted by Crippen LogP contribution is 2.33. The van der Waals surface area contributed by atoms with E-state index in [1.807, 2.05) is 18.2 Å². The number of hydrogen-bond acceptors (Lipinski definition) is 2. The van der Waals surface area contributed by atoms with Crippen LogP contribution in [0.4, 0.5) is 4.39 Å². The first-order valence-electron chi connectivity index (χ1n) is 11.8. The van der Waals surface area contributed by atoms with Gasteiger partial charge >= 0.3 is 0 Å². The zero-order chi connectivity index (χ0) is 20.5. The van der Waals surface area contributed by atoms with E-state index in [-0.39, 0.29) is 5.82 Å².